The minimum absolute atomic E-state index is 0.0598. The summed E-state index contributed by atoms with van der Waals surface area (Å²) < 4.78 is 24.4. The van der Waals surface area contributed by atoms with Crippen LogP contribution in [0, 0.1) is 0 Å². The molecule has 0 saturated carbocycles. The van der Waals surface area contributed by atoms with E-state index in [-0.39, 0.29) is 10.5 Å². The molecule has 1 saturated heterocycles. The third-order valence-corrected chi connectivity index (χ3v) is 5.69. The first-order chi connectivity index (χ1) is 11.6. The van der Waals surface area contributed by atoms with E-state index in [1.54, 1.807) is 0 Å². The van der Waals surface area contributed by atoms with Crippen molar-refractivity contribution in [3.05, 3.63) is 29.8 Å². The second kappa shape index (κ2) is 7.22. The Morgan fingerprint density at radius 3 is 2.32 bits per heavy atom. The first kappa shape index (κ1) is 18.9. The van der Waals surface area contributed by atoms with Gasteiger partial charge in [-0.25, -0.2) is 13.2 Å². The average Bonchev–Trinajstić information content (AvgIpc) is 3.03. The van der Waals surface area contributed by atoms with Crippen LogP contribution in [0.1, 0.15) is 23.2 Å². The van der Waals surface area contributed by atoms with E-state index < -0.39 is 39.4 Å². The number of benzene rings is 1. The fourth-order valence-corrected chi connectivity index (χ4v) is 3.91. The summed E-state index contributed by atoms with van der Waals surface area (Å²) in [5.74, 6) is -2.69. The molecule has 2 rings (SSSR count). The average molecular weight is 368 g/mol. The Bertz CT molecular complexity index is 785. The summed E-state index contributed by atoms with van der Waals surface area (Å²) >= 11 is 0. The minimum atomic E-state index is -3.80. The molecule has 1 heterocycles. The van der Waals surface area contributed by atoms with Crippen LogP contribution >= 0.6 is 0 Å². The highest BCUT2D eigenvalue weighted by molar-refractivity contribution is 7.92. The Hall–Kier alpha value is -2.42. The number of carbonyl (C=O) groups excluding carboxylic acids is 2. The van der Waals surface area contributed by atoms with Crippen LogP contribution < -0.4 is 0 Å². The van der Waals surface area contributed by atoms with Gasteiger partial charge >= 0.3 is 5.97 Å². The molecule has 0 spiro atoms. The molecule has 1 aliphatic heterocycles. The molecule has 1 N–H and O–H groups in total. The van der Waals surface area contributed by atoms with Gasteiger partial charge in [0.25, 0.3) is 5.91 Å². The van der Waals surface area contributed by atoms with Gasteiger partial charge in [-0.15, -0.1) is 0 Å². The molecule has 2 amide bonds. The summed E-state index contributed by atoms with van der Waals surface area (Å²) in [6.45, 7) is 0.354. The van der Waals surface area contributed by atoms with E-state index in [2.05, 4.69) is 0 Å². The van der Waals surface area contributed by atoms with Gasteiger partial charge in [0, 0.05) is 26.2 Å². The number of carbonyl (C=O) groups is 3. The molecular weight excluding hydrogens is 348 g/mol. The van der Waals surface area contributed by atoms with E-state index in [4.69, 9.17) is 5.11 Å². The van der Waals surface area contributed by atoms with E-state index >= 15 is 0 Å². The van der Waals surface area contributed by atoms with Crippen molar-refractivity contribution < 1.29 is 27.9 Å². The Morgan fingerprint density at radius 1 is 1.20 bits per heavy atom. The number of hydrogen-bond acceptors (Lipinski definition) is 5. The van der Waals surface area contributed by atoms with Crippen molar-refractivity contribution >= 4 is 27.6 Å². The minimum Gasteiger partial charge on any atom is -0.480 e. The number of hydrogen-bond donors (Lipinski definition) is 1. The zero-order valence-corrected chi connectivity index (χ0v) is 14.8. The van der Waals surface area contributed by atoms with Crippen molar-refractivity contribution in [2.45, 2.75) is 23.8 Å². The third-order valence-electron chi connectivity index (χ3n) is 4.07. The van der Waals surface area contributed by atoms with Gasteiger partial charge in [-0.1, -0.05) is 0 Å². The van der Waals surface area contributed by atoms with Crippen molar-refractivity contribution in [3.8, 4) is 0 Å². The molecule has 0 aliphatic carbocycles. The van der Waals surface area contributed by atoms with Crippen molar-refractivity contribution in [1.82, 2.24) is 9.80 Å². The SMILES string of the molecule is CN(C)C(=O)CS(=O)(=O)c1ccc(C(=O)N2CCCC2C(=O)O)cc1. The Labute approximate surface area is 145 Å². The van der Waals surface area contributed by atoms with Crippen LogP contribution in [0.25, 0.3) is 0 Å². The maximum atomic E-state index is 12.4. The fourth-order valence-electron chi connectivity index (χ4n) is 2.61. The van der Waals surface area contributed by atoms with Crippen LogP contribution in [0.4, 0.5) is 0 Å². The molecular formula is C16H20N2O6S. The normalized spacial score (nSPS) is 17.4. The second-order valence-corrected chi connectivity index (χ2v) is 8.06. The van der Waals surface area contributed by atoms with Crippen LogP contribution in [-0.4, -0.2) is 73.5 Å². The largest absolute Gasteiger partial charge is 0.480 e. The summed E-state index contributed by atoms with van der Waals surface area (Å²) in [7, 11) is -0.867. The van der Waals surface area contributed by atoms with Gasteiger partial charge in [-0.2, -0.15) is 0 Å². The van der Waals surface area contributed by atoms with Crippen molar-refractivity contribution in [2.24, 2.45) is 0 Å². The lowest BCUT2D eigenvalue weighted by atomic mass is 10.1. The zero-order chi connectivity index (χ0) is 18.8. The predicted molar refractivity (Wildman–Crippen MR) is 88.9 cm³/mol. The van der Waals surface area contributed by atoms with Crippen molar-refractivity contribution in [1.29, 1.82) is 0 Å². The number of carboxylic acids is 1. The molecule has 136 valence electrons. The van der Waals surface area contributed by atoms with Crippen LogP contribution in [0.3, 0.4) is 0 Å². The van der Waals surface area contributed by atoms with E-state index in [1.165, 1.54) is 48.2 Å². The van der Waals surface area contributed by atoms with Crippen LogP contribution in [0.2, 0.25) is 0 Å². The first-order valence-corrected chi connectivity index (χ1v) is 9.35. The monoisotopic (exact) mass is 368 g/mol. The molecule has 0 aromatic heterocycles. The Kier molecular flexibility index (Phi) is 5.46. The fraction of sp³-hybridized carbons (Fsp3) is 0.438. The summed E-state index contributed by atoms with van der Waals surface area (Å²) in [4.78, 5) is 37.6. The van der Waals surface area contributed by atoms with Gasteiger partial charge in [-0.05, 0) is 37.1 Å². The Balaban J connectivity index is 2.18. The maximum absolute atomic E-state index is 12.4. The van der Waals surface area contributed by atoms with Gasteiger partial charge < -0.3 is 14.9 Å². The quantitative estimate of drug-likeness (QED) is 0.797. The molecule has 0 radical (unpaired) electrons. The lowest BCUT2D eigenvalue weighted by Crippen LogP contribution is -2.40. The second-order valence-electron chi connectivity index (χ2n) is 6.07. The molecule has 1 fully saturated rings. The van der Waals surface area contributed by atoms with Crippen LogP contribution in [-0.2, 0) is 19.4 Å². The molecule has 25 heavy (non-hydrogen) atoms. The van der Waals surface area contributed by atoms with Gasteiger partial charge in [0.2, 0.25) is 5.91 Å². The highest BCUT2D eigenvalue weighted by atomic mass is 32.2. The molecule has 9 heteroatoms. The standard InChI is InChI=1S/C16H20N2O6S/c1-17(2)14(19)10-25(23,24)12-7-5-11(6-8-12)15(20)18-9-3-4-13(18)16(21)22/h5-8,13H,3-4,9-10H2,1-2H3,(H,21,22). The highest BCUT2D eigenvalue weighted by Crippen LogP contribution is 2.21. The van der Waals surface area contributed by atoms with Gasteiger partial charge in [0.1, 0.15) is 11.8 Å². The number of sulfone groups is 1. The molecule has 1 unspecified atom stereocenters. The number of carboxylic acid groups (broad SMARTS) is 1. The van der Waals surface area contributed by atoms with E-state index in [9.17, 15) is 22.8 Å². The van der Waals surface area contributed by atoms with Crippen molar-refractivity contribution in [3.63, 3.8) is 0 Å². The molecule has 1 aromatic rings. The summed E-state index contributed by atoms with van der Waals surface area (Å²) in [6, 6.07) is 4.35. The third kappa shape index (κ3) is 4.16. The van der Waals surface area contributed by atoms with Gasteiger partial charge in [-0.3, -0.25) is 9.59 Å². The lowest BCUT2D eigenvalue weighted by Gasteiger charge is -2.21. The van der Waals surface area contributed by atoms with Crippen molar-refractivity contribution in [2.75, 3.05) is 26.4 Å². The molecule has 1 aliphatic rings. The summed E-state index contributed by atoms with van der Waals surface area (Å²) in [5, 5.41) is 9.15. The lowest BCUT2D eigenvalue weighted by molar-refractivity contribution is -0.141. The number of rotatable bonds is 5. The van der Waals surface area contributed by atoms with E-state index in [0.717, 1.165) is 0 Å². The van der Waals surface area contributed by atoms with E-state index in [0.29, 0.717) is 19.4 Å². The molecule has 1 atom stereocenters. The topological polar surface area (TPSA) is 112 Å². The molecule has 1 aromatic carbocycles. The van der Waals surface area contributed by atoms with Gasteiger partial charge in [0.05, 0.1) is 4.90 Å². The van der Waals surface area contributed by atoms with Crippen LogP contribution in [0.5, 0.6) is 0 Å². The predicted octanol–water partition coefficient (Wildman–Crippen LogP) is 0.238. The number of amides is 2. The first-order valence-electron chi connectivity index (χ1n) is 7.70. The van der Waals surface area contributed by atoms with E-state index in [1.807, 2.05) is 0 Å². The molecule has 0 bridgehead atoms. The van der Waals surface area contributed by atoms with Gasteiger partial charge in [0.15, 0.2) is 9.84 Å². The summed E-state index contributed by atoms with van der Waals surface area (Å²) in [5.41, 5.74) is 0.214. The Morgan fingerprint density at radius 2 is 1.80 bits per heavy atom. The van der Waals surface area contributed by atoms with Crippen LogP contribution in [0.15, 0.2) is 29.2 Å². The number of nitrogens with zero attached hydrogens (tertiary/aromatic N) is 2. The maximum Gasteiger partial charge on any atom is 0.326 e. The highest BCUT2D eigenvalue weighted by Gasteiger charge is 2.34. The smallest absolute Gasteiger partial charge is 0.326 e. The number of likely N-dealkylation sites (tertiary alicyclic amines) is 1. The molecule has 8 nitrogen and oxygen atoms in total. The zero-order valence-electron chi connectivity index (χ0n) is 14.0. The summed E-state index contributed by atoms with van der Waals surface area (Å²) in [6.07, 6.45) is 1.02. The number of aliphatic carboxylic acids is 1.